The van der Waals surface area contributed by atoms with E-state index in [2.05, 4.69) is 10.1 Å². The molecule has 2 heterocycles. The molecule has 0 unspecified atom stereocenters. The van der Waals surface area contributed by atoms with E-state index in [1.807, 2.05) is 37.3 Å². The molecular weight excluding hydrogens is 266 g/mol. The Morgan fingerprint density at radius 1 is 1.24 bits per heavy atom. The van der Waals surface area contributed by atoms with Gasteiger partial charge in [0.15, 0.2) is 0 Å². The SMILES string of the molecule is Cc1ccc(-c2noc(/C(C#N)=C/c3ccco3)n2)cc1. The summed E-state index contributed by atoms with van der Waals surface area (Å²) >= 11 is 0. The topological polar surface area (TPSA) is 75.8 Å². The Morgan fingerprint density at radius 2 is 2.05 bits per heavy atom. The molecule has 5 heteroatoms. The van der Waals surface area contributed by atoms with Gasteiger partial charge in [0.05, 0.1) is 6.26 Å². The molecule has 0 saturated carbocycles. The fraction of sp³-hybridized carbons (Fsp3) is 0.0625. The van der Waals surface area contributed by atoms with Crippen LogP contribution in [0.4, 0.5) is 0 Å². The van der Waals surface area contributed by atoms with Gasteiger partial charge >= 0.3 is 0 Å². The maximum atomic E-state index is 9.21. The molecule has 1 aromatic carbocycles. The van der Waals surface area contributed by atoms with Crippen molar-refractivity contribution < 1.29 is 8.94 Å². The number of nitriles is 1. The lowest BCUT2D eigenvalue weighted by Gasteiger charge is -1.94. The highest BCUT2D eigenvalue weighted by molar-refractivity contribution is 5.85. The number of rotatable bonds is 3. The van der Waals surface area contributed by atoms with Crippen LogP contribution in [0.15, 0.2) is 51.6 Å². The molecule has 0 aliphatic carbocycles. The van der Waals surface area contributed by atoms with E-state index >= 15 is 0 Å². The number of aryl methyl sites for hydroxylation is 1. The Kier molecular flexibility index (Phi) is 3.36. The van der Waals surface area contributed by atoms with Crippen LogP contribution in [0.1, 0.15) is 17.2 Å². The van der Waals surface area contributed by atoms with Gasteiger partial charge in [-0.25, -0.2) is 0 Å². The lowest BCUT2D eigenvalue weighted by molar-refractivity contribution is 0.409. The van der Waals surface area contributed by atoms with Crippen LogP contribution in [0.3, 0.4) is 0 Å². The summed E-state index contributed by atoms with van der Waals surface area (Å²) in [6.45, 7) is 2.01. The number of allylic oxidation sites excluding steroid dienone is 1. The van der Waals surface area contributed by atoms with Gasteiger partial charge in [-0.15, -0.1) is 0 Å². The monoisotopic (exact) mass is 277 g/mol. The summed E-state index contributed by atoms with van der Waals surface area (Å²) in [5.74, 6) is 1.18. The average Bonchev–Trinajstić information content (AvgIpc) is 3.17. The normalized spacial score (nSPS) is 11.3. The Balaban J connectivity index is 1.94. The van der Waals surface area contributed by atoms with Crippen molar-refractivity contribution in [2.24, 2.45) is 0 Å². The lowest BCUT2D eigenvalue weighted by atomic mass is 10.1. The molecule has 2 aromatic heterocycles. The van der Waals surface area contributed by atoms with Crippen molar-refractivity contribution in [3.63, 3.8) is 0 Å². The molecule has 0 atom stereocenters. The predicted molar refractivity (Wildman–Crippen MR) is 76.7 cm³/mol. The fourth-order valence-corrected chi connectivity index (χ4v) is 1.81. The molecular formula is C16H11N3O2. The number of aromatic nitrogens is 2. The van der Waals surface area contributed by atoms with Gasteiger partial charge in [-0.05, 0) is 19.1 Å². The quantitative estimate of drug-likeness (QED) is 0.682. The zero-order valence-corrected chi connectivity index (χ0v) is 11.3. The second-order valence-electron chi connectivity index (χ2n) is 4.47. The summed E-state index contributed by atoms with van der Waals surface area (Å²) in [4.78, 5) is 4.25. The van der Waals surface area contributed by atoms with E-state index in [0.717, 1.165) is 11.1 Å². The van der Waals surface area contributed by atoms with E-state index in [1.165, 1.54) is 6.26 Å². The molecule has 0 fully saturated rings. The Hall–Kier alpha value is -3.13. The first-order valence-corrected chi connectivity index (χ1v) is 6.33. The van der Waals surface area contributed by atoms with E-state index in [0.29, 0.717) is 11.6 Å². The molecule has 0 aliphatic heterocycles. The van der Waals surface area contributed by atoms with Crippen molar-refractivity contribution in [2.75, 3.05) is 0 Å². The number of benzene rings is 1. The molecule has 0 amide bonds. The van der Waals surface area contributed by atoms with E-state index in [4.69, 9.17) is 8.94 Å². The van der Waals surface area contributed by atoms with Gasteiger partial charge < -0.3 is 8.94 Å². The smallest absolute Gasteiger partial charge is 0.269 e. The number of hydrogen-bond donors (Lipinski definition) is 0. The summed E-state index contributed by atoms with van der Waals surface area (Å²) in [7, 11) is 0. The van der Waals surface area contributed by atoms with Crippen LogP contribution in [0.25, 0.3) is 23.0 Å². The Morgan fingerprint density at radius 3 is 2.71 bits per heavy atom. The molecule has 21 heavy (non-hydrogen) atoms. The molecule has 3 aromatic rings. The summed E-state index contributed by atoms with van der Waals surface area (Å²) in [6.07, 6.45) is 3.10. The van der Waals surface area contributed by atoms with Crippen molar-refractivity contribution in [2.45, 2.75) is 6.92 Å². The van der Waals surface area contributed by atoms with Gasteiger partial charge in [-0.1, -0.05) is 35.0 Å². The van der Waals surface area contributed by atoms with Crippen LogP contribution in [-0.2, 0) is 0 Å². The minimum atomic E-state index is 0.171. The minimum absolute atomic E-state index is 0.171. The Bertz CT molecular complexity index is 806. The highest BCUT2D eigenvalue weighted by Crippen LogP contribution is 2.21. The minimum Gasteiger partial charge on any atom is -0.465 e. The molecule has 0 radical (unpaired) electrons. The van der Waals surface area contributed by atoms with E-state index in [9.17, 15) is 5.26 Å². The molecule has 0 bridgehead atoms. The van der Waals surface area contributed by atoms with Gasteiger partial charge in [-0.3, -0.25) is 0 Å². The van der Waals surface area contributed by atoms with Gasteiger partial charge in [0, 0.05) is 11.6 Å². The molecule has 0 N–H and O–H groups in total. The third-order valence-electron chi connectivity index (χ3n) is 2.92. The number of nitrogens with zero attached hydrogens (tertiary/aromatic N) is 3. The van der Waals surface area contributed by atoms with Crippen molar-refractivity contribution in [3.8, 4) is 17.5 Å². The standard InChI is InChI=1S/C16H11N3O2/c1-11-4-6-12(7-5-11)15-18-16(21-19-15)13(10-17)9-14-3-2-8-20-14/h2-9H,1H3/b13-9+. The van der Waals surface area contributed by atoms with Crippen LogP contribution in [0.5, 0.6) is 0 Å². The highest BCUT2D eigenvalue weighted by atomic mass is 16.5. The summed E-state index contributed by atoms with van der Waals surface area (Å²) in [5, 5.41) is 13.1. The summed E-state index contributed by atoms with van der Waals surface area (Å²) in [5.41, 5.74) is 2.25. The van der Waals surface area contributed by atoms with Crippen LogP contribution in [0, 0.1) is 18.3 Å². The van der Waals surface area contributed by atoms with E-state index in [-0.39, 0.29) is 11.5 Å². The zero-order valence-electron chi connectivity index (χ0n) is 11.3. The summed E-state index contributed by atoms with van der Waals surface area (Å²) < 4.78 is 10.3. The van der Waals surface area contributed by atoms with Gasteiger partial charge in [0.1, 0.15) is 17.4 Å². The number of hydrogen-bond acceptors (Lipinski definition) is 5. The number of furan rings is 1. The second-order valence-corrected chi connectivity index (χ2v) is 4.47. The third-order valence-corrected chi connectivity index (χ3v) is 2.92. The molecule has 0 spiro atoms. The third kappa shape index (κ3) is 2.74. The van der Waals surface area contributed by atoms with Crippen molar-refractivity contribution in [1.82, 2.24) is 10.1 Å². The first kappa shape index (κ1) is 12.9. The highest BCUT2D eigenvalue weighted by Gasteiger charge is 2.13. The molecule has 0 saturated heterocycles. The van der Waals surface area contributed by atoms with Crippen molar-refractivity contribution >= 4 is 11.6 Å². The van der Waals surface area contributed by atoms with Gasteiger partial charge in [0.2, 0.25) is 5.82 Å². The van der Waals surface area contributed by atoms with Crippen LogP contribution in [-0.4, -0.2) is 10.1 Å². The lowest BCUT2D eigenvalue weighted by Crippen LogP contribution is -1.83. The molecule has 5 nitrogen and oxygen atoms in total. The van der Waals surface area contributed by atoms with Gasteiger partial charge in [0.25, 0.3) is 5.89 Å². The van der Waals surface area contributed by atoms with Crippen molar-refractivity contribution in [1.29, 1.82) is 5.26 Å². The Labute approximate surface area is 121 Å². The first-order valence-electron chi connectivity index (χ1n) is 6.33. The summed E-state index contributed by atoms with van der Waals surface area (Å²) in [6, 6.07) is 13.3. The van der Waals surface area contributed by atoms with Crippen LogP contribution in [0.2, 0.25) is 0 Å². The van der Waals surface area contributed by atoms with Crippen LogP contribution >= 0.6 is 0 Å². The molecule has 3 rings (SSSR count). The average molecular weight is 277 g/mol. The second kappa shape index (κ2) is 5.47. The zero-order chi connectivity index (χ0) is 14.7. The fourth-order valence-electron chi connectivity index (χ4n) is 1.81. The maximum Gasteiger partial charge on any atom is 0.269 e. The largest absolute Gasteiger partial charge is 0.465 e. The van der Waals surface area contributed by atoms with E-state index < -0.39 is 0 Å². The van der Waals surface area contributed by atoms with E-state index in [1.54, 1.807) is 18.2 Å². The molecule has 0 aliphatic rings. The maximum absolute atomic E-state index is 9.21. The predicted octanol–water partition coefficient (Wildman–Crippen LogP) is 3.70. The molecule has 102 valence electrons. The van der Waals surface area contributed by atoms with Crippen molar-refractivity contribution in [3.05, 3.63) is 59.9 Å². The van der Waals surface area contributed by atoms with Crippen LogP contribution < -0.4 is 0 Å². The first-order chi connectivity index (χ1) is 10.3. The van der Waals surface area contributed by atoms with Gasteiger partial charge in [-0.2, -0.15) is 10.2 Å².